The SMILES string of the molecule is Cn1nc(N)nc1C1CCCN1. The molecule has 5 heteroatoms. The third-order valence-corrected chi connectivity index (χ3v) is 2.19. The van der Waals surface area contributed by atoms with Crippen LogP contribution in [0.15, 0.2) is 0 Å². The van der Waals surface area contributed by atoms with E-state index >= 15 is 0 Å². The number of anilines is 1. The molecule has 0 saturated carbocycles. The van der Waals surface area contributed by atoms with E-state index in [-0.39, 0.29) is 0 Å². The molecule has 1 aliphatic rings. The molecule has 1 aromatic rings. The Balaban J connectivity index is 2.25. The zero-order valence-corrected chi connectivity index (χ0v) is 7.12. The largest absolute Gasteiger partial charge is 0.366 e. The van der Waals surface area contributed by atoms with Gasteiger partial charge in [0.25, 0.3) is 0 Å². The molecule has 2 rings (SSSR count). The summed E-state index contributed by atoms with van der Waals surface area (Å²) in [6.45, 7) is 1.07. The van der Waals surface area contributed by atoms with Crippen molar-refractivity contribution in [3.05, 3.63) is 5.82 Å². The molecule has 0 aromatic carbocycles. The summed E-state index contributed by atoms with van der Waals surface area (Å²) >= 11 is 0. The smallest absolute Gasteiger partial charge is 0.239 e. The molecule has 1 saturated heterocycles. The van der Waals surface area contributed by atoms with Crippen molar-refractivity contribution in [3.8, 4) is 0 Å². The molecular formula is C7H13N5. The zero-order valence-electron chi connectivity index (χ0n) is 7.12. The molecule has 0 bridgehead atoms. The number of nitrogens with one attached hydrogen (secondary N) is 1. The van der Waals surface area contributed by atoms with Gasteiger partial charge in [-0.1, -0.05) is 0 Å². The summed E-state index contributed by atoms with van der Waals surface area (Å²) in [5.41, 5.74) is 5.48. The van der Waals surface area contributed by atoms with Gasteiger partial charge in [-0.25, -0.2) is 4.68 Å². The number of rotatable bonds is 1. The van der Waals surface area contributed by atoms with Gasteiger partial charge in [-0.15, -0.1) is 5.10 Å². The number of nitrogen functional groups attached to an aromatic ring is 1. The molecule has 5 nitrogen and oxygen atoms in total. The van der Waals surface area contributed by atoms with E-state index in [9.17, 15) is 0 Å². The number of hydrogen-bond acceptors (Lipinski definition) is 4. The van der Waals surface area contributed by atoms with E-state index < -0.39 is 0 Å². The summed E-state index contributed by atoms with van der Waals surface area (Å²) < 4.78 is 1.75. The molecule has 1 atom stereocenters. The monoisotopic (exact) mass is 167 g/mol. The number of nitrogens with zero attached hydrogens (tertiary/aromatic N) is 3. The van der Waals surface area contributed by atoms with Gasteiger partial charge in [-0.05, 0) is 19.4 Å². The minimum Gasteiger partial charge on any atom is -0.366 e. The van der Waals surface area contributed by atoms with Gasteiger partial charge in [0.2, 0.25) is 5.95 Å². The maximum Gasteiger partial charge on any atom is 0.239 e. The molecule has 3 N–H and O–H groups in total. The highest BCUT2D eigenvalue weighted by Crippen LogP contribution is 2.20. The van der Waals surface area contributed by atoms with Crippen molar-refractivity contribution in [1.82, 2.24) is 20.1 Å². The maximum absolute atomic E-state index is 5.48. The second-order valence-corrected chi connectivity index (χ2v) is 3.10. The molecule has 0 radical (unpaired) electrons. The van der Waals surface area contributed by atoms with Crippen LogP contribution in [0.3, 0.4) is 0 Å². The molecule has 12 heavy (non-hydrogen) atoms. The van der Waals surface area contributed by atoms with Crippen molar-refractivity contribution >= 4 is 5.95 Å². The Labute approximate surface area is 71.0 Å². The average Bonchev–Trinajstić information content (AvgIpc) is 2.58. The molecule has 1 aliphatic heterocycles. The minimum absolute atomic E-state index is 0.347. The van der Waals surface area contributed by atoms with Crippen LogP contribution in [0.5, 0.6) is 0 Å². The summed E-state index contributed by atoms with van der Waals surface area (Å²) in [6.07, 6.45) is 2.34. The molecule has 1 fully saturated rings. The van der Waals surface area contributed by atoms with Gasteiger partial charge < -0.3 is 11.1 Å². The predicted molar refractivity (Wildman–Crippen MR) is 45.4 cm³/mol. The Morgan fingerprint density at radius 1 is 1.67 bits per heavy atom. The van der Waals surface area contributed by atoms with Crippen LogP contribution in [0.1, 0.15) is 24.7 Å². The Kier molecular flexibility index (Phi) is 1.73. The second-order valence-electron chi connectivity index (χ2n) is 3.10. The molecule has 1 unspecified atom stereocenters. The summed E-state index contributed by atoms with van der Waals surface area (Å²) in [4.78, 5) is 4.16. The summed E-state index contributed by atoms with van der Waals surface area (Å²) in [7, 11) is 1.87. The average molecular weight is 167 g/mol. The summed E-state index contributed by atoms with van der Waals surface area (Å²) in [5, 5.41) is 7.35. The van der Waals surface area contributed by atoms with E-state index in [0.29, 0.717) is 12.0 Å². The first-order valence-electron chi connectivity index (χ1n) is 4.17. The first kappa shape index (κ1) is 7.54. The third-order valence-electron chi connectivity index (χ3n) is 2.19. The van der Waals surface area contributed by atoms with Crippen molar-refractivity contribution in [2.24, 2.45) is 7.05 Å². The predicted octanol–water partition coefficient (Wildman–Crippen LogP) is -0.178. The standard InChI is InChI=1S/C7H13N5/c1-12-6(10-7(8)11-12)5-3-2-4-9-5/h5,9H,2-4H2,1H3,(H2,8,11). The van der Waals surface area contributed by atoms with Crippen LogP contribution in [0.4, 0.5) is 5.95 Å². The lowest BCUT2D eigenvalue weighted by molar-refractivity contribution is 0.559. The zero-order chi connectivity index (χ0) is 8.55. The molecular weight excluding hydrogens is 154 g/mol. The van der Waals surface area contributed by atoms with Crippen molar-refractivity contribution in [2.45, 2.75) is 18.9 Å². The molecule has 2 heterocycles. The van der Waals surface area contributed by atoms with Crippen molar-refractivity contribution in [3.63, 3.8) is 0 Å². The second kappa shape index (κ2) is 2.75. The molecule has 66 valence electrons. The van der Waals surface area contributed by atoms with E-state index in [0.717, 1.165) is 18.8 Å². The van der Waals surface area contributed by atoms with Crippen LogP contribution >= 0.6 is 0 Å². The minimum atomic E-state index is 0.347. The van der Waals surface area contributed by atoms with Crippen LogP contribution in [0, 0.1) is 0 Å². The Morgan fingerprint density at radius 2 is 2.50 bits per heavy atom. The van der Waals surface area contributed by atoms with Crippen LogP contribution in [-0.2, 0) is 7.05 Å². The van der Waals surface area contributed by atoms with Crippen LogP contribution < -0.4 is 11.1 Å². The summed E-state index contributed by atoms with van der Waals surface area (Å²) in [5.74, 6) is 1.31. The van der Waals surface area contributed by atoms with Gasteiger partial charge in [0.15, 0.2) is 0 Å². The fraction of sp³-hybridized carbons (Fsp3) is 0.714. The highest BCUT2D eigenvalue weighted by atomic mass is 15.4. The third kappa shape index (κ3) is 1.16. The molecule has 0 spiro atoms. The van der Waals surface area contributed by atoms with Gasteiger partial charge in [0.05, 0.1) is 6.04 Å². The lowest BCUT2D eigenvalue weighted by Gasteiger charge is -2.07. The quantitative estimate of drug-likeness (QED) is 0.609. The number of hydrogen-bond donors (Lipinski definition) is 2. The first-order valence-corrected chi connectivity index (χ1v) is 4.17. The maximum atomic E-state index is 5.48. The Hall–Kier alpha value is -1.10. The van der Waals surface area contributed by atoms with E-state index in [2.05, 4.69) is 15.4 Å². The van der Waals surface area contributed by atoms with Crippen LogP contribution in [-0.4, -0.2) is 21.3 Å². The lowest BCUT2D eigenvalue weighted by atomic mass is 10.2. The van der Waals surface area contributed by atoms with Gasteiger partial charge in [0.1, 0.15) is 5.82 Å². The fourth-order valence-electron chi connectivity index (χ4n) is 1.63. The Bertz CT molecular complexity index is 273. The topological polar surface area (TPSA) is 68.8 Å². The molecule has 1 aromatic heterocycles. The van der Waals surface area contributed by atoms with Crippen molar-refractivity contribution in [2.75, 3.05) is 12.3 Å². The van der Waals surface area contributed by atoms with Crippen molar-refractivity contribution < 1.29 is 0 Å². The van der Waals surface area contributed by atoms with E-state index in [4.69, 9.17) is 5.73 Å². The first-order chi connectivity index (χ1) is 5.77. The molecule has 0 aliphatic carbocycles. The summed E-state index contributed by atoms with van der Waals surface area (Å²) in [6, 6.07) is 0.347. The van der Waals surface area contributed by atoms with Crippen molar-refractivity contribution in [1.29, 1.82) is 0 Å². The van der Waals surface area contributed by atoms with E-state index in [1.165, 1.54) is 6.42 Å². The molecule has 0 amide bonds. The number of aromatic nitrogens is 3. The highest BCUT2D eigenvalue weighted by Gasteiger charge is 2.21. The van der Waals surface area contributed by atoms with E-state index in [1.54, 1.807) is 4.68 Å². The fourth-order valence-corrected chi connectivity index (χ4v) is 1.63. The van der Waals surface area contributed by atoms with Crippen LogP contribution in [0.2, 0.25) is 0 Å². The van der Waals surface area contributed by atoms with Gasteiger partial charge in [-0.2, -0.15) is 4.98 Å². The number of aryl methyl sites for hydroxylation is 1. The van der Waals surface area contributed by atoms with Crippen LogP contribution in [0.25, 0.3) is 0 Å². The van der Waals surface area contributed by atoms with E-state index in [1.807, 2.05) is 7.05 Å². The van der Waals surface area contributed by atoms with Gasteiger partial charge >= 0.3 is 0 Å². The number of nitrogens with two attached hydrogens (primary N) is 1. The Morgan fingerprint density at radius 3 is 3.00 bits per heavy atom. The van der Waals surface area contributed by atoms with Gasteiger partial charge in [-0.3, -0.25) is 0 Å². The lowest BCUT2D eigenvalue weighted by Crippen LogP contribution is -2.17. The van der Waals surface area contributed by atoms with Gasteiger partial charge in [0, 0.05) is 7.05 Å². The normalized spacial score (nSPS) is 23.2. The highest BCUT2D eigenvalue weighted by molar-refractivity contribution is 5.15.